The standard InChI is InChI=1S/C22H18ClNO3S/c23-18-10-5-4-7-16(18)12-13-21(26)27-15-20(25)24-22(19-11-6-14-28-19)17-8-2-1-3-9-17/h1-14,22H,15H2,(H,24,25)/b13-12+/t22-/m1/s1. The molecule has 142 valence electrons. The number of rotatable bonds is 7. The number of carbonyl (C=O) groups is 2. The van der Waals surface area contributed by atoms with Crippen LogP contribution in [0.2, 0.25) is 5.02 Å². The van der Waals surface area contributed by atoms with Crippen molar-refractivity contribution in [2.45, 2.75) is 6.04 Å². The van der Waals surface area contributed by atoms with E-state index in [2.05, 4.69) is 5.32 Å². The number of benzene rings is 2. The topological polar surface area (TPSA) is 55.4 Å². The Bertz CT molecular complexity index is 955. The van der Waals surface area contributed by atoms with Gasteiger partial charge < -0.3 is 10.1 Å². The zero-order chi connectivity index (χ0) is 19.8. The number of carbonyl (C=O) groups excluding carboxylic acids is 2. The van der Waals surface area contributed by atoms with Gasteiger partial charge in [0, 0.05) is 16.0 Å². The molecule has 1 N–H and O–H groups in total. The lowest BCUT2D eigenvalue weighted by Crippen LogP contribution is -2.32. The monoisotopic (exact) mass is 411 g/mol. The Kier molecular flexibility index (Phi) is 7.00. The predicted molar refractivity (Wildman–Crippen MR) is 112 cm³/mol. The molecule has 0 aliphatic carbocycles. The van der Waals surface area contributed by atoms with E-state index < -0.39 is 5.97 Å². The Labute approximate surface area is 172 Å². The molecule has 1 atom stereocenters. The summed E-state index contributed by atoms with van der Waals surface area (Å²) in [6.07, 6.45) is 2.81. The first-order valence-corrected chi connectivity index (χ1v) is 9.86. The molecule has 0 unspecified atom stereocenters. The van der Waals surface area contributed by atoms with E-state index in [0.29, 0.717) is 10.6 Å². The maximum absolute atomic E-state index is 12.3. The van der Waals surface area contributed by atoms with Gasteiger partial charge in [-0.05, 0) is 34.7 Å². The normalized spacial score (nSPS) is 11.9. The lowest BCUT2D eigenvalue weighted by Gasteiger charge is -2.18. The molecule has 3 aromatic rings. The molecule has 0 aliphatic rings. The summed E-state index contributed by atoms with van der Waals surface area (Å²) in [5, 5.41) is 5.41. The molecule has 1 amide bonds. The fourth-order valence-corrected chi connectivity index (χ4v) is 3.58. The molecule has 4 nitrogen and oxygen atoms in total. The van der Waals surface area contributed by atoms with Crippen LogP contribution in [0, 0.1) is 0 Å². The smallest absolute Gasteiger partial charge is 0.331 e. The molecule has 0 spiro atoms. The van der Waals surface area contributed by atoms with Gasteiger partial charge in [-0.2, -0.15) is 0 Å². The first kappa shape index (κ1) is 19.9. The summed E-state index contributed by atoms with van der Waals surface area (Å²) >= 11 is 7.59. The zero-order valence-corrected chi connectivity index (χ0v) is 16.5. The summed E-state index contributed by atoms with van der Waals surface area (Å²) in [6, 6.07) is 20.4. The van der Waals surface area contributed by atoms with E-state index in [1.807, 2.05) is 53.9 Å². The number of nitrogens with one attached hydrogen (secondary N) is 1. The second-order valence-electron chi connectivity index (χ2n) is 5.89. The van der Waals surface area contributed by atoms with Crippen LogP contribution in [-0.2, 0) is 14.3 Å². The average molecular weight is 412 g/mol. The lowest BCUT2D eigenvalue weighted by molar-refractivity contribution is -0.143. The van der Waals surface area contributed by atoms with Gasteiger partial charge in [-0.15, -0.1) is 11.3 Å². The number of halogens is 1. The fourth-order valence-electron chi connectivity index (χ4n) is 2.58. The highest BCUT2D eigenvalue weighted by molar-refractivity contribution is 7.10. The first-order chi connectivity index (χ1) is 13.6. The molecule has 0 bridgehead atoms. The van der Waals surface area contributed by atoms with Crippen LogP contribution in [0.4, 0.5) is 0 Å². The van der Waals surface area contributed by atoms with E-state index >= 15 is 0 Å². The number of amides is 1. The first-order valence-electron chi connectivity index (χ1n) is 8.60. The van der Waals surface area contributed by atoms with Crippen LogP contribution >= 0.6 is 22.9 Å². The van der Waals surface area contributed by atoms with Crippen molar-refractivity contribution in [1.82, 2.24) is 5.32 Å². The Morgan fingerprint density at radius 3 is 2.50 bits per heavy atom. The van der Waals surface area contributed by atoms with Crippen LogP contribution in [0.25, 0.3) is 6.08 Å². The summed E-state index contributed by atoms with van der Waals surface area (Å²) in [4.78, 5) is 25.2. The highest BCUT2D eigenvalue weighted by Gasteiger charge is 2.18. The van der Waals surface area contributed by atoms with Crippen molar-refractivity contribution >= 4 is 40.9 Å². The van der Waals surface area contributed by atoms with Gasteiger partial charge in [0.25, 0.3) is 5.91 Å². The van der Waals surface area contributed by atoms with Gasteiger partial charge >= 0.3 is 5.97 Å². The van der Waals surface area contributed by atoms with Crippen molar-refractivity contribution in [2.24, 2.45) is 0 Å². The van der Waals surface area contributed by atoms with E-state index in [-0.39, 0.29) is 18.6 Å². The molecule has 3 rings (SSSR count). The summed E-state index contributed by atoms with van der Waals surface area (Å²) in [7, 11) is 0. The fraction of sp³-hybridized carbons (Fsp3) is 0.0909. The molecule has 28 heavy (non-hydrogen) atoms. The molecule has 1 aromatic heterocycles. The van der Waals surface area contributed by atoms with Gasteiger partial charge in [-0.3, -0.25) is 4.79 Å². The maximum atomic E-state index is 12.3. The Hall–Kier alpha value is -2.89. The van der Waals surface area contributed by atoms with Gasteiger partial charge in [0.15, 0.2) is 6.61 Å². The van der Waals surface area contributed by atoms with Crippen LogP contribution in [0.1, 0.15) is 22.0 Å². The Balaban J connectivity index is 1.58. The van der Waals surface area contributed by atoms with Crippen LogP contribution in [0.5, 0.6) is 0 Å². The molecule has 0 fully saturated rings. The molecular weight excluding hydrogens is 394 g/mol. The van der Waals surface area contributed by atoms with Crippen molar-refractivity contribution in [2.75, 3.05) is 6.61 Å². The van der Waals surface area contributed by atoms with Gasteiger partial charge in [0.1, 0.15) is 0 Å². The largest absolute Gasteiger partial charge is 0.452 e. The van der Waals surface area contributed by atoms with Crippen LogP contribution in [0.3, 0.4) is 0 Å². The van der Waals surface area contributed by atoms with E-state index in [9.17, 15) is 9.59 Å². The molecule has 0 radical (unpaired) electrons. The lowest BCUT2D eigenvalue weighted by atomic mass is 10.1. The number of hydrogen-bond acceptors (Lipinski definition) is 4. The summed E-state index contributed by atoms with van der Waals surface area (Å²) < 4.78 is 5.04. The van der Waals surface area contributed by atoms with E-state index in [1.165, 1.54) is 6.08 Å². The van der Waals surface area contributed by atoms with Crippen molar-refractivity contribution in [3.8, 4) is 0 Å². The predicted octanol–water partition coefficient (Wildman–Crippen LogP) is 4.86. The van der Waals surface area contributed by atoms with E-state index in [1.54, 1.807) is 35.6 Å². The minimum absolute atomic E-state index is 0.286. The quantitative estimate of drug-likeness (QED) is 0.446. The second-order valence-corrected chi connectivity index (χ2v) is 7.28. The minimum atomic E-state index is -0.609. The van der Waals surface area contributed by atoms with E-state index in [4.69, 9.17) is 16.3 Å². The van der Waals surface area contributed by atoms with Crippen molar-refractivity contribution in [3.63, 3.8) is 0 Å². The van der Waals surface area contributed by atoms with Crippen LogP contribution < -0.4 is 5.32 Å². The number of ether oxygens (including phenoxy) is 1. The number of esters is 1. The van der Waals surface area contributed by atoms with Crippen molar-refractivity contribution in [1.29, 1.82) is 0 Å². The highest BCUT2D eigenvalue weighted by Crippen LogP contribution is 2.25. The number of thiophene rings is 1. The molecule has 1 heterocycles. The summed E-state index contributed by atoms with van der Waals surface area (Å²) in [6.45, 7) is -0.361. The van der Waals surface area contributed by atoms with Gasteiger partial charge in [0.05, 0.1) is 6.04 Å². The third kappa shape index (κ3) is 5.55. The molecule has 0 aliphatic heterocycles. The SMILES string of the molecule is O=C(COC(=O)/C=C/c1ccccc1Cl)N[C@H](c1ccccc1)c1cccs1. The molecular formula is C22H18ClNO3S. The van der Waals surface area contributed by atoms with Gasteiger partial charge in [-0.1, -0.05) is 66.2 Å². The average Bonchev–Trinajstić information content (AvgIpc) is 3.25. The van der Waals surface area contributed by atoms with Gasteiger partial charge in [0.2, 0.25) is 0 Å². The summed E-state index contributed by atoms with van der Waals surface area (Å²) in [5.74, 6) is -0.982. The Morgan fingerprint density at radius 1 is 1.04 bits per heavy atom. The molecule has 6 heteroatoms. The summed E-state index contributed by atoms with van der Waals surface area (Å²) in [5.41, 5.74) is 1.66. The molecule has 0 saturated heterocycles. The van der Waals surface area contributed by atoms with Crippen LogP contribution in [-0.4, -0.2) is 18.5 Å². The van der Waals surface area contributed by atoms with Gasteiger partial charge in [-0.25, -0.2) is 4.79 Å². The molecule has 0 saturated carbocycles. The van der Waals surface area contributed by atoms with Crippen molar-refractivity contribution in [3.05, 3.63) is 99.2 Å². The number of hydrogen-bond donors (Lipinski definition) is 1. The third-order valence-corrected chi connectivity index (χ3v) is 5.20. The maximum Gasteiger partial charge on any atom is 0.331 e. The Morgan fingerprint density at radius 2 is 1.79 bits per heavy atom. The van der Waals surface area contributed by atoms with Crippen molar-refractivity contribution < 1.29 is 14.3 Å². The highest BCUT2D eigenvalue weighted by atomic mass is 35.5. The second kappa shape index (κ2) is 9.88. The third-order valence-electron chi connectivity index (χ3n) is 3.92. The zero-order valence-electron chi connectivity index (χ0n) is 14.9. The van der Waals surface area contributed by atoms with Crippen LogP contribution in [0.15, 0.2) is 78.2 Å². The minimum Gasteiger partial charge on any atom is -0.452 e. The molecule has 2 aromatic carbocycles. The van der Waals surface area contributed by atoms with E-state index in [0.717, 1.165) is 10.4 Å².